The predicted octanol–water partition coefficient (Wildman–Crippen LogP) is 3.04. The van der Waals surface area contributed by atoms with E-state index in [4.69, 9.17) is 4.74 Å². The second-order valence-electron chi connectivity index (χ2n) is 6.67. The molecule has 4 nitrogen and oxygen atoms in total. The van der Waals surface area contributed by atoms with E-state index in [1.165, 1.54) is 31.5 Å². The van der Waals surface area contributed by atoms with Gasteiger partial charge in [0.05, 0.1) is 0 Å². The molecule has 4 heteroatoms. The van der Waals surface area contributed by atoms with Gasteiger partial charge in [0.2, 0.25) is 0 Å². The van der Waals surface area contributed by atoms with E-state index < -0.39 is 0 Å². The fourth-order valence-electron chi connectivity index (χ4n) is 3.39. The summed E-state index contributed by atoms with van der Waals surface area (Å²) in [5.74, 6) is 0.786. The Morgan fingerprint density at radius 2 is 2.09 bits per heavy atom. The van der Waals surface area contributed by atoms with E-state index in [9.17, 15) is 4.79 Å². The van der Waals surface area contributed by atoms with Gasteiger partial charge >= 0.3 is 0 Å². The van der Waals surface area contributed by atoms with E-state index >= 15 is 0 Å². The lowest BCUT2D eigenvalue weighted by molar-refractivity contribution is -0.124. The van der Waals surface area contributed by atoms with Crippen LogP contribution in [-0.2, 0) is 16.1 Å². The largest absolute Gasteiger partial charge is 0.368 e. The molecule has 2 unspecified atom stereocenters. The first kappa shape index (κ1) is 15.5. The maximum absolute atomic E-state index is 12.0. The standard InChI is InChI=1S/C18H26N2O2/c1-14-4-2-10-20(12-14)13-15-6-8-16(9-7-15)19-18(21)17-5-3-11-22-17/h6-9,14,17H,2-5,10-13H2,1H3,(H,19,21). The molecule has 2 aliphatic heterocycles. The Bertz CT molecular complexity index is 494. The highest BCUT2D eigenvalue weighted by molar-refractivity contribution is 5.94. The Hall–Kier alpha value is -1.39. The number of hydrogen-bond donors (Lipinski definition) is 1. The van der Waals surface area contributed by atoms with Gasteiger partial charge in [-0.15, -0.1) is 0 Å². The summed E-state index contributed by atoms with van der Waals surface area (Å²) in [5.41, 5.74) is 2.17. The van der Waals surface area contributed by atoms with E-state index in [0.717, 1.165) is 31.0 Å². The van der Waals surface area contributed by atoms with Crippen LogP contribution in [0.4, 0.5) is 5.69 Å². The predicted molar refractivity (Wildman–Crippen MR) is 87.7 cm³/mol. The van der Waals surface area contributed by atoms with E-state index in [1.54, 1.807) is 0 Å². The molecule has 1 aromatic rings. The topological polar surface area (TPSA) is 41.6 Å². The van der Waals surface area contributed by atoms with Crippen molar-refractivity contribution in [3.63, 3.8) is 0 Å². The van der Waals surface area contributed by atoms with E-state index in [1.807, 2.05) is 12.1 Å². The van der Waals surface area contributed by atoms with Gasteiger partial charge in [0.15, 0.2) is 0 Å². The van der Waals surface area contributed by atoms with Crippen molar-refractivity contribution in [3.05, 3.63) is 29.8 Å². The number of benzene rings is 1. The van der Waals surface area contributed by atoms with Gasteiger partial charge in [0.25, 0.3) is 5.91 Å². The summed E-state index contributed by atoms with van der Waals surface area (Å²) in [4.78, 5) is 14.5. The normalized spacial score (nSPS) is 26.0. The molecule has 3 rings (SSSR count). The Morgan fingerprint density at radius 1 is 1.27 bits per heavy atom. The Morgan fingerprint density at radius 3 is 2.77 bits per heavy atom. The highest BCUT2D eigenvalue weighted by Crippen LogP contribution is 2.19. The monoisotopic (exact) mass is 302 g/mol. The fraction of sp³-hybridized carbons (Fsp3) is 0.611. The van der Waals surface area contributed by atoms with Crippen molar-refractivity contribution in [1.82, 2.24) is 4.90 Å². The number of carbonyl (C=O) groups excluding carboxylic acids is 1. The first-order valence-electron chi connectivity index (χ1n) is 8.44. The number of hydrogen-bond acceptors (Lipinski definition) is 3. The number of anilines is 1. The van der Waals surface area contributed by atoms with Gasteiger partial charge in [-0.1, -0.05) is 19.1 Å². The van der Waals surface area contributed by atoms with Crippen molar-refractivity contribution in [2.75, 3.05) is 25.0 Å². The van der Waals surface area contributed by atoms with Gasteiger partial charge in [0.1, 0.15) is 6.10 Å². The third-order valence-corrected chi connectivity index (χ3v) is 4.59. The Labute approximate surface area is 132 Å². The molecule has 2 atom stereocenters. The number of carbonyl (C=O) groups is 1. The second kappa shape index (κ2) is 7.25. The number of nitrogens with zero attached hydrogens (tertiary/aromatic N) is 1. The summed E-state index contributed by atoms with van der Waals surface area (Å²) in [7, 11) is 0. The first-order valence-corrected chi connectivity index (χ1v) is 8.44. The van der Waals surface area contributed by atoms with Crippen LogP contribution in [0.1, 0.15) is 38.2 Å². The number of rotatable bonds is 4. The van der Waals surface area contributed by atoms with Crippen molar-refractivity contribution in [3.8, 4) is 0 Å². The van der Waals surface area contributed by atoms with Crippen LogP contribution in [0.15, 0.2) is 24.3 Å². The van der Waals surface area contributed by atoms with Crippen LogP contribution in [-0.4, -0.2) is 36.6 Å². The third kappa shape index (κ3) is 4.08. The average molecular weight is 302 g/mol. The van der Waals surface area contributed by atoms with Gasteiger partial charge in [0, 0.05) is 25.4 Å². The van der Waals surface area contributed by atoms with Gasteiger partial charge < -0.3 is 10.1 Å². The Kier molecular flexibility index (Phi) is 5.11. The van der Waals surface area contributed by atoms with Crippen LogP contribution in [0.3, 0.4) is 0 Å². The molecule has 0 aliphatic carbocycles. The molecule has 0 bridgehead atoms. The maximum atomic E-state index is 12.0. The molecule has 1 N–H and O–H groups in total. The average Bonchev–Trinajstić information content (AvgIpc) is 3.04. The molecule has 0 aromatic heterocycles. The summed E-state index contributed by atoms with van der Waals surface area (Å²) in [5, 5.41) is 2.94. The van der Waals surface area contributed by atoms with Crippen LogP contribution < -0.4 is 5.32 Å². The molecule has 1 aromatic carbocycles. The molecule has 2 fully saturated rings. The van der Waals surface area contributed by atoms with Crippen molar-refractivity contribution in [2.45, 2.75) is 45.3 Å². The molecule has 0 radical (unpaired) electrons. The second-order valence-corrected chi connectivity index (χ2v) is 6.67. The van der Waals surface area contributed by atoms with Crippen LogP contribution in [0.25, 0.3) is 0 Å². The summed E-state index contributed by atoms with van der Waals surface area (Å²) >= 11 is 0. The zero-order valence-electron chi connectivity index (χ0n) is 13.4. The van der Waals surface area contributed by atoms with Gasteiger partial charge in [-0.05, 0) is 55.8 Å². The molecular weight excluding hydrogens is 276 g/mol. The molecule has 2 aliphatic rings. The van der Waals surface area contributed by atoms with Crippen molar-refractivity contribution in [2.24, 2.45) is 5.92 Å². The van der Waals surface area contributed by atoms with Crippen LogP contribution in [0, 0.1) is 5.92 Å². The van der Waals surface area contributed by atoms with Gasteiger partial charge in [-0.25, -0.2) is 0 Å². The molecule has 120 valence electrons. The fourth-order valence-corrected chi connectivity index (χ4v) is 3.39. The van der Waals surface area contributed by atoms with Crippen molar-refractivity contribution >= 4 is 11.6 Å². The third-order valence-electron chi connectivity index (χ3n) is 4.59. The zero-order chi connectivity index (χ0) is 15.4. The van der Waals surface area contributed by atoms with E-state index in [0.29, 0.717) is 6.61 Å². The van der Waals surface area contributed by atoms with E-state index in [2.05, 4.69) is 29.3 Å². The van der Waals surface area contributed by atoms with Gasteiger partial charge in [-0.2, -0.15) is 0 Å². The van der Waals surface area contributed by atoms with Crippen LogP contribution >= 0.6 is 0 Å². The van der Waals surface area contributed by atoms with Crippen molar-refractivity contribution < 1.29 is 9.53 Å². The summed E-state index contributed by atoms with van der Waals surface area (Å²) in [6, 6.07) is 8.22. The zero-order valence-corrected chi connectivity index (χ0v) is 13.4. The van der Waals surface area contributed by atoms with Crippen LogP contribution in [0.2, 0.25) is 0 Å². The number of piperidine rings is 1. The molecule has 2 heterocycles. The lowest BCUT2D eigenvalue weighted by Crippen LogP contribution is -2.33. The van der Waals surface area contributed by atoms with Gasteiger partial charge in [-0.3, -0.25) is 9.69 Å². The quantitative estimate of drug-likeness (QED) is 0.929. The minimum atomic E-state index is -0.269. The summed E-state index contributed by atoms with van der Waals surface area (Å²) in [6.07, 6.45) is 4.19. The lowest BCUT2D eigenvalue weighted by atomic mass is 10.00. The molecule has 1 amide bonds. The first-order chi connectivity index (χ1) is 10.7. The molecule has 2 saturated heterocycles. The van der Waals surface area contributed by atoms with Crippen molar-refractivity contribution in [1.29, 1.82) is 0 Å². The molecule has 22 heavy (non-hydrogen) atoms. The summed E-state index contributed by atoms with van der Waals surface area (Å²) < 4.78 is 5.40. The Balaban J connectivity index is 1.52. The molecule has 0 spiro atoms. The highest BCUT2D eigenvalue weighted by Gasteiger charge is 2.23. The smallest absolute Gasteiger partial charge is 0.253 e. The van der Waals surface area contributed by atoms with E-state index in [-0.39, 0.29) is 12.0 Å². The SMILES string of the molecule is CC1CCCN(Cc2ccc(NC(=O)C3CCCO3)cc2)C1. The minimum Gasteiger partial charge on any atom is -0.368 e. The number of amides is 1. The molecular formula is C18H26N2O2. The molecule has 0 saturated carbocycles. The minimum absolute atomic E-state index is 0.0184. The number of likely N-dealkylation sites (tertiary alicyclic amines) is 1. The number of ether oxygens (including phenoxy) is 1. The lowest BCUT2D eigenvalue weighted by Gasteiger charge is -2.30. The van der Waals surface area contributed by atoms with Crippen LogP contribution in [0.5, 0.6) is 0 Å². The highest BCUT2D eigenvalue weighted by atomic mass is 16.5. The number of nitrogens with one attached hydrogen (secondary N) is 1. The maximum Gasteiger partial charge on any atom is 0.253 e. The summed E-state index contributed by atoms with van der Waals surface area (Å²) in [6.45, 7) is 6.42.